The number of non-ortho nitro benzene ring substituents is 1. The monoisotopic (exact) mass is 291 g/mol. The smallest absolute Gasteiger partial charge is 0.269 e. The van der Waals surface area contributed by atoms with Crippen molar-refractivity contribution in [2.75, 3.05) is 13.2 Å². The van der Waals surface area contributed by atoms with Gasteiger partial charge in [0.2, 0.25) is 0 Å². The van der Waals surface area contributed by atoms with Gasteiger partial charge in [0.1, 0.15) is 24.7 Å². The number of nitro groups is 1. The highest BCUT2D eigenvalue weighted by Crippen LogP contribution is 2.21. The summed E-state index contributed by atoms with van der Waals surface area (Å²) in [6.45, 7) is 4.56. The molecule has 0 amide bonds. The number of hydrogen-bond donors (Lipinski definition) is 0. The third-order valence-corrected chi connectivity index (χ3v) is 3.09. The molecule has 112 valence electrons. The first-order chi connectivity index (χ1) is 9.99. The third kappa shape index (κ3) is 3.50. The standard InChI is InChI=1S/C14H17N3O4/c1-10-14(11(2)16(3)15-10)21-9-8-20-13-6-4-12(5-7-13)17(18)19/h4-7H,8-9H2,1-3H3. The number of hydrogen-bond acceptors (Lipinski definition) is 5. The minimum Gasteiger partial charge on any atom is -0.490 e. The van der Waals surface area contributed by atoms with Gasteiger partial charge in [-0.1, -0.05) is 0 Å². The van der Waals surface area contributed by atoms with E-state index in [4.69, 9.17) is 9.47 Å². The lowest BCUT2D eigenvalue weighted by Crippen LogP contribution is -2.09. The molecule has 1 heterocycles. The first kappa shape index (κ1) is 14.8. The Morgan fingerprint density at radius 2 is 1.81 bits per heavy atom. The van der Waals surface area contributed by atoms with E-state index in [1.807, 2.05) is 20.9 Å². The largest absolute Gasteiger partial charge is 0.490 e. The maximum Gasteiger partial charge on any atom is 0.269 e. The number of nitrogens with zero attached hydrogens (tertiary/aromatic N) is 3. The highest BCUT2D eigenvalue weighted by atomic mass is 16.6. The molecule has 0 spiro atoms. The van der Waals surface area contributed by atoms with Gasteiger partial charge in [-0.25, -0.2) is 0 Å². The molecule has 0 radical (unpaired) electrons. The Hall–Kier alpha value is -2.57. The molecule has 2 rings (SSSR count). The summed E-state index contributed by atoms with van der Waals surface area (Å²) in [7, 11) is 1.86. The predicted molar refractivity (Wildman–Crippen MR) is 76.8 cm³/mol. The molecule has 0 fully saturated rings. The Morgan fingerprint density at radius 1 is 1.19 bits per heavy atom. The van der Waals surface area contributed by atoms with Gasteiger partial charge in [0.05, 0.1) is 10.6 Å². The molecule has 0 atom stereocenters. The van der Waals surface area contributed by atoms with Crippen LogP contribution in [0.2, 0.25) is 0 Å². The van der Waals surface area contributed by atoms with E-state index < -0.39 is 4.92 Å². The lowest BCUT2D eigenvalue weighted by atomic mass is 10.3. The van der Waals surface area contributed by atoms with Crippen LogP contribution in [0.4, 0.5) is 5.69 Å². The normalized spacial score (nSPS) is 10.4. The van der Waals surface area contributed by atoms with E-state index in [0.29, 0.717) is 19.0 Å². The van der Waals surface area contributed by atoms with Gasteiger partial charge in [-0.15, -0.1) is 0 Å². The van der Waals surface area contributed by atoms with E-state index in [0.717, 1.165) is 17.1 Å². The molecule has 0 bridgehead atoms. The van der Waals surface area contributed by atoms with Gasteiger partial charge in [0.15, 0.2) is 5.75 Å². The Balaban J connectivity index is 1.83. The number of benzene rings is 1. The molecule has 0 aliphatic rings. The van der Waals surface area contributed by atoms with Crippen molar-refractivity contribution in [3.8, 4) is 11.5 Å². The fourth-order valence-corrected chi connectivity index (χ4v) is 1.93. The topological polar surface area (TPSA) is 79.4 Å². The van der Waals surface area contributed by atoms with Crippen LogP contribution in [0.3, 0.4) is 0 Å². The van der Waals surface area contributed by atoms with Crippen LogP contribution in [0.25, 0.3) is 0 Å². The number of rotatable bonds is 6. The van der Waals surface area contributed by atoms with Gasteiger partial charge >= 0.3 is 0 Å². The first-order valence-corrected chi connectivity index (χ1v) is 6.49. The van der Waals surface area contributed by atoms with Crippen LogP contribution in [0.5, 0.6) is 11.5 Å². The minimum absolute atomic E-state index is 0.0419. The molecule has 1 aromatic heterocycles. The molecule has 7 heteroatoms. The summed E-state index contributed by atoms with van der Waals surface area (Å²) in [5.41, 5.74) is 1.84. The molecule has 21 heavy (non-hydrogen) atoms. The lowest BCUT2D eigenvalue weighted by molar-refractivity contribution is -0.384. The van der Waals surface area contributed by atoms with Crippen LogP contribution in [0, 0.1) is 24.0 Å². The quantitative estimate of drug-likeness (QED) is 0.464. The zero-order valence-corrected chi connectivity index (χ0v) is 12.2. The summed E-state index contributed by atoms with van der Waals surface area (Å²) >= 11 is 0. The summed E-state index contributed by atoms with van der Waals surface area (Å²) in [6.07, 6.45) is 0. The van der Waals surface area contributed by atoms with Crippen molar-refractivity contribution in [3.63, 3.8) is 0 Å². The number of ether oxygens (including phenoxy) is 2. The zero-order valence-electron chi connectivity index (χ0n) is 12.2. The first-order valence-electron chi connectivity index (χ1n) is 6.49. The zero-order chi connectivity index (χ0) is 15.4. The molecular formula is C14H17N3O4. The van der Waals surface area contributed by atoms with Crippen molar-refractivity contribution in [1.29, 1.82) is 0 Å². The van der Waals surface area contributed by atoms with Crippen molar-refractivity contribution < 1.29 is 14.4 Å². The average Bonchev–Trinajstić information content (AvgIpc) is 2.69. The summed E-state index contributed by atoms with van der Waals surface area (Å²) in [6, 6.07) is 5.95. The Labute approximate surface area is 122 Å². The molecule has 0 aliphatic carbocycles. The molecule has 0 aliphatic heterocycles. The molecule has 0 unspecified atom stereocenters. The molecule has 2 aromatic rings. The summed E-state index contributed by atoms with van der Waals surface area (Å²) in [5.74, 6) is 1.34. The third-order valence-electron chi connectivity index (χ3n) is 3.09. The van der Waals surface area contributed by atoms with Crippen LogP contribution in [0.1, 0.15) is 11.4 Å². The van der Waals surface area contributed by atoms with Crippen LogP contribution in [0.15, 0.2) is 24.3 Å². The van der Waals surface area contributed by atoms with Gasteiger partial charge in [-0.05, 0) is 26.0 Å². The fraction of sp³-hybridized carbons (Fsp3) is 0.357. The van der Waals surface area contributed by atoms with Crippen molar-refractivity contribution >= 4 is 5.69 Å². The van der Waals surface area contributed by atoms with Gasteiger partial charge in [-0.2, -0.15) is 5.10 Å². The highest BCUT2D eigenvalue weighted by Gasteiger charge is 2.10. The molecule has 1 aromatic carbocycles. The summed E-state index contributed by atoms with van der Waals surface area (Å²) in [4.78, 5) is 10.1. The van der Waals surface area contributed by atoms with E-state index in [-0.39, 0.29) is 5.69 Å². The average molecular weight is 291 g/mol. The van der Waals surface area contributed by atoms with Crippen molar-refractivity contribution in [2.24, 2.45) is 7.05 Å². The predicted octanol–water partition coefficient (Wildman–Crippen LogP) is 2.40. The number of aromatic nitrogens is 2. The highest BCUT2D eigenvalue weighted by molar-refractivity contribution is 5.36. The van der Waals surface area contributed by atoms with Crippen LogP contribution >= 0.6 is 0 Å². The van der Waals surface area contributed by atoms with E-state index in [9.17, 15) is 10.1 Å². The summed E-state index contributed by atoms with van der Waals surface area (Å²) in [5, 5.41) is 14.8. The van der Waals surface area contributed by atoms with Crippen molar-refractivity contribution in [2.45, 2.75) is 13.8 Å². The van der Waals surface area contributed by atoms with E-state index in [1.54, 1.807) is 16.8 Å². The van der Waals surface area contributed by atoms with E-state index >= 15 is 0 Å². The van der Waals surface area contributed by atoms with Gasteiger partial charge in [-0.3, -0.25) is 14.8 Å². The van der Waals surface area contributed by atoms with Crippen LogP contribution in [-0.4, -0.2) is 27.9 Å². The minimum atomic E-state index is -0.444. The maximum atomic E-state index is 10.5. The SMILES string of the molecule is Cc1nn(C)c(C)c1OCCOc1ccc([N+](=O)[O-])cc1. The Kier molecular flexibility index (Phi) is 4.42. The summed E-state index contributed by atoms with van der Waals surface area (Å²) < 4.78 is 12.9. The van der Waals surface area contributed by atoms with Crippen LogP contribution in [-0.2, 0) is 7.05 Å². The number of aryl methyl sites for hydroxylation is 2. The molecule has 7 nitrogen and oxygen atoms in total. The van der Waals surface area contributed by atoms with E-state index in [1.165, 1.54) is 12.1 Å². The van der Waals surface area contributed by atoms with E-state index in [2.05, 4.69) is 5.10 Å². The Morgan fingerprint density at radius 3 is 2.33 bits per heavy atom. The van der Waals surface area contributed by atoms with Gasteiger partial charge < -0.3 is 9.47 Å². The van der Waals surface area contributed by atoms with Crippen molar-refractivity contribution in [3.05, 3.63) is 45.8 Å². The van der Waals surface area contributed by atoms with Crippen molar-refractivity contribution in [1.82, 2.24) is 9.78 Å². The number of nitro benzene ring substituents is 1. The second kappa shape index (κ2) is 6.25. The van der Waals surface area contributed by atoms with Gasteiger partial charge in [0.25, 0.3) is 5.69 Å². The molecule has 0 N–H and O–H groups in total. The maximum absolute atomic E-state index is 10.5. The second-order valence-electron chi connectivity index (χ2n) is 4.57. The fourth-order valence-electron chi connectivity index (χ4n) is 1.93. The lowest BCUT2D eigenvalue weighted by Gasteiger charge is -2.08. The second-order valence-corrected chi connectivity index (χ2v) is 4.57. The Bertz CT molecular complexity index is 634. The molecule has 0 saturated carbocycles. The van der Waals surface area contributed by atoms with Gasteiger partial charge in [0, 0.05) is 19.2 Å². The molecule has 0 saturated heterocycles. The van der Waals surface area contributed by atoms with Crippen LogP contribution < -0.4 is 9.47 Å². The molecular weight excluding hydrogens is 274 g/mol.